The molecule has 2 aromatic carbocycles. The van der Waals surface area contributed by atoms with Gasteiger partial charge in [-0.2, -0.15) is 0 Å². The first-order chi connectivity index (χ1) is 11.1. The number of carbonyl (C=O) groups excluding carboxylic acids is 2. The lowest BCUT2D eigenvalue weighted by Crippen LogP contribution is -2.28. The molecule has 0 saturated carbocycles. The number of anilines is 1. The summed E-state index contributed by atoms with van der Waals surface area (Å²) in [6.45, 7) is 0. The van der Waals surface area contributed by atoms with E-state index < -0.39 is 11.9 Å². The quantitative estimate of drug-likeness (QED) is 0.516. The van der Waals surface area contributed by atoms with Gasteiger partial charge in [-0.3, -0.25) is 9.59 Å². The van der Waals surface area contributed by atoms with E-state index in [1.54, 1.807) is 12.1 Å². The Hall–Kier alpha value is -2.82. The van der Waals surface area contributed by atoms with Crippen LogP contribution in [0, 0.1) is 5.92 Å². The van der Waals surface area contributed by atoms with Crippen LogP contribution in [-0.2, 0) is 14.3 Å². The Balaban J connectivity index is 2.06. The number of benzene rings is 2. The van der Waals surface area contributed by atoms with Crippen molar-refractivity contribution in [2.45, 2.75) is 12.0 Å². The largest absolute Gasteiger partial charge is 0.468 e. The maximum absolute atomic E-state index is 12.4. The molecule has 1 fully saturated rings. The number of ether oxygens (including phenoxy) is 1. The third-order valence-corrected chi connectivity index (χ3v) is 4.23. The van der Waals surface area contributed by atoms with Gasteiger partial charge in [-0.25, -0.2) is 0 Å². The standard InChI is InChI=1S/C18H18N2O3/c1-23-18(22)15-14(11-7-9-13(19)10-8-11)16(20-17(15)21)12-5-3-2-4-6-12/h2-10,14-16H,19H2,1H3,(H,20,21). The highest BCUT2D eigenvalue weighted by Gasteiger charge is 2.48. The molecule has 5 nitrogen and oxygen atoms in total. The summed E-state index contributed by atoms with van der Waals surface area (Å²) in [6.07, 6.45) is 0. The minimum atomic E-state index is -0.867. The van der Waals surface area contributed by atoms with Crippen molar-refractivity contribution in [2.75, 3.05) is 12.8 Å². The van der Waals surface area contributed by atoms with Crippen LogP contribution < -0.4 is 11.1 Å². The lowest BCUT2D eigenvalue weighted by molar-refractivity contribution is -0.149. The lowest BCUT2D eigenvalue weighted by Gasteiger charge is -2.22. The van der Waals surface area contributed by atoms with Gasteiger partial charge in [0.2, 0.25) is 5.91 Å². The topological polar surface area (TPSA) is 81.4 Å². The van der Waals surface area contributed by atoms with Gasteiger partial charge in [-0.1, -0.05) is 42.5 Å². The first kappa shape index (κ1) is 15.1. The summed E-state index contributed by atoms with van der Waals surface area (Å²) in [6, 6.07) is 16.6. The van der Waals surface area contributed by atoms with E-state index in [0.717, 1.165) is 11.1 Å². The summed E-state index contributed by atoms with van der Waals surface area (Å²) in [7, 11) is 1.30. The molecule has 1 aliphatic heterocycles. The van der Waals surface area contributed by atoms with Gasteiger partial charge in [0.15, 0.2) is 0 Å². The van der Waals surface area contributed by atoms with Crippen LogP contribution in [0.3, 0.4) is 0 Å². The number of amides is 1. The maximum Gasteiger partial charge on any atom is 0.318 e. The maximum atomic E-state index is 12.4. The van der Waals surface area contributed by atoms with Crippen LogP contribution in [0.5, 0.6) is 0 Å². The average Bonchev–Trinajstić information content (AvgIpc) is 2.93. The number of hydrogen-bond acceptors (Lipinski definition) is 4. The highest BCUT2D eigenvalue weighted by molar-refractivity contribution is 6.01. The molecule has 118 valence electrons. The highest BCUT2D eigenvalue weighted by atomic mass is 16.5. The number of esters is 1. The number of nitrogens with two attached hydrogens (primary N) is 1. The average molecular weight is 310 g/mol. The van der Waals surface area contributed by atoms with Gasteiger partial charge < -0.3 is 15.8 Å². The van der Waals surface area contributed by atoms with Gasteiger partial charge in [0.25, 0.3) is 0 Å². The minimum Gasteiger partial charge on any atom is -0.468 e. The number of nitrogen functional groups attached to an aromatic ring is 1. The summed E-state index contributed by atoms with van der Waals surface area (Å²) in [4.78, 5) is 24.5. The van der Waals surface area contributed by atoms with Gasteiger partial charge in [-0.05, 0) is 23.3 Å². The van der Waals surface area contributed by atoms with Crippen molar-refractivity contribution in [2.24, 2.45) is 5.92 Å². The van der Waals surface area contributed by atoms with Gasteiger partial charge >= 0.3 is 5.97 Å². The molecule has 0 radical (unpaired) electrons. The molecule has 0 spiro atoms. The molecule has 5 heteroatoms. The number of carbonyl (C=O) groups is 2. The Bertz CT molecular complexity index is 713. The zero-order chi connectivity index (χ0) is 16.4. The molecule has 0 aromatic heterocycles. The number of hydrogen-bond donors (Lipinski definition) is 2. The third-order valence-electron chi connectivity index (χ3n) is 4.23. The van der Waals surface area contributed by atoms with Crippen LogP contribution in [-0.4, -0.2) is 19.0 Å². The van der Waals surface area contributed by atoms with Crippen LogP contribution >= 0.6 is 0 Å². The number of methoxy groups -OCH3 is 1. The molecule has 1 aliphatic rings. The zero-order valence-corrected chi connectivity index (χ0v) is 12.7. The van der Waals surface area contributed by atoms with Crippen LogP contribution in [0.1, 0.15) is 23.1 Å². The van der Waals surface area contributed by atoms with Crippen molar-refractivity contribution in [3.05, 3.63) is 65.7 Å². The molecular formula is C18H18N2O3. The molecule has 2 aromatic rings. The summed E-state index contributed by atoms with van der Waals surface area (Å²) < 4.78 is 4.84. The Kier molecular flexibility index (Phi) is 4.02. The summed E-state index contributed by atoms with van der Waals surface area (Å²) in [5.41, 5.74) is 8.21. The van der Waals surface area contributed by atoms with Crippen molar-refractivity contribution >= 4 is 17.6 Å². The second kappa shape index (κ2) is 6.12. The summed E-state index contributed by atoms with van der Waals surface area (Å²) in [5.74, 6) is -2.04. The predicted octanol–water partition coefficient (Wildman–Crippen LogP) is 2.01. The molecule has 3 atom stereocenters. The van der Waals surface area contributed by atoms with Gasteiger partial charge in [-0.15, -0.1) is 0 Å². The molecule has 3 unspecified atom stereocenters. The first-order valence-electron chi connectivity index (χ1n) is 7.40. The monoisotopic (exact) mass is 310 g/mol. The zero-order valence-electron chi connectivity index (χ0n) is 12.7. The van der Waals surface area contributed by atoms with Crippen LogP contribution in [0.2, 0.25) is 0 Å². The Morgan fingerprint density at radius 2 is 1.70 bits per heavy atom. The number of rotatable bonds is 3. The highest BCUT2D eigenvalue weighted by Crippen LogP contribution is 2.42. The fraction of sp³-hybridized carbons (Fsp3) is 0.222. The van der Waals surface area contributed by atoms with E-state index in [-0.39, 0.29) is 17.9 Å². The van der Waals surface area contributed by atoms with Gasteiger partial charge in [0.05, 0.1) is 13.2 Å². The second-order valence-corrected chi connectivity index (χ2v) is 5.59. The van der Waals surface area contributed by atoms with E-state index in [2.05, 4.69) is 5.32 Å². The molecule has 23 heavy (non-hydrogen) atoms. The second-order valence-electron chi connectivity index (χ2n) is 5.59. The van der Waals surface area contributed by atoms with E-state index in [0.29, 0.717) is 5.69 Å². The molecule has 3 rings (SSSR count). The van der Waals surface area contributed by atoms with Crippen LogP contribution in [0.15, 0.2) is 54.6 Å². The minimum absolute atomic E-state index is 0.281. The van der Waals surface area contributed by atoms with Crippen LogP contribution in [0.25, 0.3) is 0 Å². The van der Waals surface area contributed by atoms with Crippen molar-refractivity contribution < 1.29 is 14.3 Å². The van der Waals surface area contributed by atoms with E-state index in [1.165, 1.54) is 7.11 Å². The van der Waals surface area contributed by atoms with Crippen molar-refractivity contribution in [3.8, 4) is 0 Å². The first-order valence-corrected chi connectivity index (χ1v) is 7.40. The molecule has 0 bridgehead atoms. The van der Waals surface area contributed by atoms with Crippen molar-refractivity contribution in [1.82, 2.24) is 5.32 Å². The molecule has 1 saturated heterocycles. The molecule has 3 N–H and O–H groups in total. The fourth-order valence-corrected chi connectivity index (χ4v) is 3.12. The normalized spacial score (nSPS) is 23.3. The predicted molar refractivity (Wildman–Crippen MR) is 86.4 cm³/mol. The lowest BCUT2D eigenvalue weighted by atomic mass is 9.81. The Labute approximate surface area is 134 Å². The van der Waals surface area contributed by atoms with Crippen LogP contribution in [0.4, 0.5) is 5.69 Å². The van der Waals surface area contributed by atoms with Crippen molar-refractivity contribution in [3.63, 3.8) is 0 Å². The van der Waals surface area contributed by atoms with Gasteiger partial charge in [0.1, 0.15) is 5.92 Å². The summed E-state index contributed by atoms with van der Waals surface area (Å²) in [5, 5.41) is 2.93. The fourth-order valence-electron chi connectivity index (χ4n) is 3.12. The Morgan fingerprint density at radius 1 is 1.04 bits per heavy atom. The SMILES string of the molecule is COC(=O)C1C(=O)NC(c2ccccc2)C1c1ccc(N)cc1. The van der Waals surface area contributed by atoms with Gasteiger partial charge in [0, 0.05) is 11.6 Å². The molecule has 1 heterocycles. The summed E-state index contributed by atoms with van der Waals surface area (Å²) >= 11 is 0. The van der Waals surface area contributed by atoms with E-state index >= 15 is 0 Å². The molecular weight excluding hydrogens is 292 g/mol. The van der Waals surface area contributed by atoms with Crippen molar-refractivity contribution in [1.29, 1.82) is 0 Å². The smallest absolute Gasteiger partial charge is 0.318 e. The molecule has 0 aliphatic carbocycles. The van der Waals surface area contributed by atoms with E-state index in [1.807, 2.05) is 42.5 Å². The van der Waals surface area contributed by atoms with E-state index in [9.17, 15) is 9.59 Å². The van der Waals surface area contributed by atoms with E-state index in [4.69, 9.17) is 10.5 Å². The molecule has 1 amide bonds. The Morgan fingerprint density at radius 3 is 2.30 bits per heavy atom. The number of nitrogens with one attached hydrogen (secondary N) is 1. The third kappa shape index (κ3) is 2.77.